The zero-order chi connectivity index (χ0) is 33.6. The van der Waals surface area contributed by atoms with Crippen LogP contribution in [0.1, 0.15) is 50.5 Å². The minimum Gasteiger partial charge on any atom is -0.872 e. The number of carboxylic acid groups (broad SMARTS) is 3. The van der Waals surface area contributed by atoms with E-state index >= 15 is 0 Å². The van der Waals surface area contributed by atoms with Crippen molar-refractivity contribution in [3.8, 4) is 17.2 Å². The van der Waals surface area contributed by atoms with Gasteiger partial charge in [0, 0.05) is 17.1 Å². The van der Waals surface area contributed by atoms with Crippen LogP contribution in [0.3, 0.4) is 0 Å². The topological polar surface area (TPSA) is 259 Å². The predicted octanol–water partition coefficient (Wildman–Crippen LogP) is 2.67. The molecule has 0 aliphatic heterocycles. The van der Waals surface area contributed by atoms with Gasteiger partial charge in [-0.1, -0.05) is 35.4 Å². The molecule has 4 rings (SSSR count). The second kappa shape index (κ2) is 17.1. The fourth-order valence-corrected chi connectivity index (χ4v) is 3.72. The summed E-state index contributed by atoms with van der Waals surface area (Å²) < 4.78 is 1.28. The Morgan fingerprint density at radius 3 is 1.14 bits per heavy atom. The van der Waals surface area contributed by atoms with Gasteiger partial charge < -0.3 is 47.8 Å². The molecule has 0 spiro atoms. The largest absolute Gasteiger partial charge is 0.872 e. The van der Waals surface area contributed by atoms with Gasteiger partial charge in [0.1, 0.15) is 0 Å². The van der Waals surface area contributed by atoms with Gasteiger partial charge in [0.25, 0.3) is 0 Å². The molecule has 13 heteroatoms. The van der Waals surface area contributed by atoms with Gasteiger partial charge in [-0.2, -0.15) is 0 Å². The Balaban J connectivity index is 0.000000293. The van der Waals surface area contributed by atoms with E-state index in [0.717, 1.165) is 36.4 Å². The number of hydrogen-bond acceptors (Lipinski definition) is 9. The van der Waals surface area contributed by atoms with Gasteiger partial charge in [-0.05, 0) is 36.4 Å². The van der Waals surface area contributed by atoms with E-state index in [1.54, 1.807) is 22.5 Å². The van der Waals surface area contributed by atoms with Crippen LogP contribution in [-0.4, -0.2) is 55.8 Å². The first-order valence-corrected chi connectivity index (χ1v) is 14.6. The van der Waals surface area contributed by atoms with E-state index in [9.17, 15) is 29.7 Å². The molecule has 4 aromatic carbocycles. The molecule has 0 unspecified atom stereocenters. The summed E-state index contributed by atoms with van der Waals surface area (Å²) in [6.07, 6.45) is 0. The standard InChI is InChI=1S/C10H13.3C7H7NO3.Sn/c1-10(2,3)9-7-5-4-6-8-9;3*8-4-1-2-6(9)5(3-4)7(10)11;/h4-8H,1H2,2-3H3;3*1-3,9H,8H2,(H,10,11);/q;;;;+3/p-3. The fourth-order valence-electron chi connectivity index (χ4n) is 3.14. The molecule has 4 aromatic rings. The molecule has 0 atom stereocenters. The van der Waals surface area contributed by atoms with Gasteiger partial charge in [-0.25, -0.2) is 14.4 Å². The normalized spacial score (nSPS) is 10.0. The first-order chi connectivity index (χ1) is 20.5. The van der Waals surface area contributed by atoms with Crippen molar-refractivity contribution in [2.24, 2.45) is 0 Å². The van der Waals surface area contributed by atoms with E-state index in [1.807, 2.05) is 0 Å². The molecule has 0 heterocycles. The molecule has 0 radical (unpaired) electrons. The third-order valence-corrected chi connectivity index (χ3v) is 8.22. The quantitative estimate of drug-likeness (QED) is 0.129. The van der Waals surface area contributed by atoms with Crippen LogP contribution in [0, 0.1) is 0 Å². The molecule has 0 aliphatic rings. The van der Waals surface area contributed by atoms with Crippen molar-refractivity contribution in [1.82, 2.24) is 0 Å². The molecule has 0 saturated carbocycles. The van der Waals surface area contributed by atoms with E-state index < -0.39 is 35.2 Å². The van der Waals surface area contributed by atoms with E-state index in [1.165, 1.54) is 28.2 Å². The average Bonchev–Trinajstić information content (AvgIpc) is 2.98. The molecular weight excluding hydrogens is 677 g/mol. The van der Waals surface area contributed by atoms with Gasteiger partial charge in [-0.3, -0.25) is 0 Å². The van der Waals surface area contributed by atoms with Crippen LogP contribution in [-0.2, 0) is 5.41 Å². The average molecular weight is 708 g/mol. The number of carboxylic acids is 3. The monoisotopic (exact) mass is 709 g/mol. The van der Waals surface area contributed by atoms with Crippen LogP contribution in [0.2, 0.25) is 4.44 Å². The summed E-state index contributed by atoms with van der Waals surface area (Å²) in [5, 5.41) is 57.6. The van der Waals surface area contributed by atoms with E-state index in [2.05, 4.69) is 44.2 Å². The third-order valence-electron chi connectivity index (χ3n) is 5.70. The Morgan fingerprint density at radius 2 is 0.909 bits per heavy atom. The van der Waals surface area contributed by atoms with Crippen molar-refractivity contribution < 1.29 is 45.0 Å². The molecule has 0 saturated heterocycles. The predicted molar refractivity (Wildman–Crippen MR) is 162 cm³/mol. The molecular formula is C31H31N3O9Sn. The van der Waals surface area contributed by atoms with Crippen LogP contribution >= 0.6 is 0 Å². The Bertz CT molecular complexity index is 1430. The summed E-state index contributed by atoms with van der Waals surface area (Å²) in [7, 11) is 0. The molecule has 0 fully saturated rings. The third kappa shape index (κ3) is 12.0. The Kier molecular flexibility index (Phi) is 14.4. The molecule has 44 heavy (non-hydrogen) atoms. The van der Waals surface area contributed by atoms with Crippen LogP contribution in [0.25, 0.3) is 0 Å². The fraction of sp³-hybridized carbons (Fsp3) is 0.129. The van der Waals surface area contributed by atoms with E-state index in [4.69, 9.17) is 32.5 Å². The van der Waals surface area contributed by atoms with Crippen molar-refractivity contribution in [3.63, 3.8) is 0 Å². The number of hydrogen-bond donors (Lipinski definition) is 6. The second-order valence-corrected chi connectivity index (χ2v) is 10.6. The number of rotatable bonds is 5. The summed E-state index contributed by atoms with van der Waals surface area (Å²) in [5.41, 5.74) is 17.6. The molecule has 0 aromatic heterocycles. The zero-order valence-electron chi connectivity index (χ0n) is 23.8. The summed E-state index contributed by atoms with van der Waals surface area (Å²) in [4.78, 5) is 31.0. The minimum absolute atomic E-state index is 0.280. The van der Waals surface area contributed by atoms with Crippen molar-refractivity contribution in [3.05, 3.63) is 107 Å². The summed E-state index contributed by atoms with van der Waals surface area (Å²) >= 11 is 1.62. The molecule has 12 nitrogen and oxygen atoms in total. The maximum absolute atomic E-state index is 10.8. The van der Waals surface area contributed by atoms with Crippen LogP contribution in [0.5, 0.6) is 17.2 Å². The smallest absolute Gasteiger partial charge is 0.335 e. The number of carbonyl (C=O) groups is 3. The Labute approximate surface area is 267 Å². The van der Waals surface area contributed by atoms with Gasteiger partial charge in [0.05, 0.1) is 16.7 Å². The van der Waals surface area contributed by atoms with Crippen LogP contribution < -0.4 is 32.5 Å². The maximum atomic E-state index is 10.8. The van der Waals surface area contributed by atoms with Crippen LogP contribution in [0.15, 0.2) is 84.9 Å². The first kappa shape index (κ1) is 36.9. The molecule has 0 amide bonds. The Morgan fingerprint density at radius 1 is 0.614 bits per heavy atom. The van der Waals surface area contributed by atoms with Crippen LogP contribution in [0.4, 0.5) is 17.1 Å². The molecule has 228 valence electrons. The second-order valence-electron chi connectivity index (χ2n) is 9.61. The molecule has 9 N–H and O–H groups in total. The number of benzene rings is 4. The number of nitrogens with two attached hydrogens (primary N) is 3. The van der Waals surface area contributed by atoms with Crippen molar-refractivity contribution in [1.29, 1.82) is 0 Å². The first-order valence-electron chi connectivity index (χ1n) is 12.6. The number of aromatic carboxylic acids is 3. The zero-order valence-corrected chi connectivity index (χ0v) is 26.7. The van der Waals surface area contributed by atoms with Gasteiger partial charge >= 0.3 is 100 Å². The minimum atomic E-state index is -1.25. The maximum Gasteiger partial charge on any atom is 0.335 e. The molecule has 0 bridgehead atoms. The number of anilines is 3. The summed E-state index contributed by atoms with van der Waals surface area (Å²) in [6, 6.07) is 21.7. The Hall–Kier alpha value is -5.11. The van der Waals surface area contributed by atoms with Crippen molar-refractivity contribution in [2.75, 3.05) is 17.2 Å². The number of nitrogen functional groups attached to an aromatic ring is 3. The van der Waals surface area contributed by atoms with Gasteiger partial charge in [0.2, 0.25) is 0 Å². The van der Waals surface area contributed by atoms with E-state index in [0.29, 0.717) is 5.41 Å². The van der Waals surface area contributed by atoms with E-state index in [-0.39, 0.29) is 33.8 Å². The molecule has 0 aliphatic carbocycles. The SMILES string of the molecule is CC(C)([CH2][Sn+3])c1ccccc1.Nc1ccc([O-])c(C(=O)O)c1.Nc1ccc([O-])c(C(=O)O)c1.Nc1ccc([O-])c(C(=O)O)c1. The van der Waals surface area contributed by atoms with Gasteiger partial charge in [0.15, 0.2) is 0 Å². The summed E-state index contributed by atoms with van der Waals surface area (Å²) in [6.45, 7) is 4.61. The van der Waals surface area contributed by atoms with Crippen molar-refractivity contribution in [2.45, 2.75) is 23.7 Å². The summed E-state index contributed by atoms with van der Waals surface area (Å²) in [5.74, 6) is -5.31. The van der Waals surface area contributed by atoms with Gasteiger partial charge in [-0.15, -0.1) is 0 Å². The van der Waals surface area contributed by atoms with Crippen molar-refractivity contribution >= 4 is 57.5 Å².